The molecule has 4 rings (SSSR count). The predicted molar refractivity (Wildman–Crippen MR) is 117 cm³/mol. The number of pyridine rings is 1. The lowest BCUT2D eigenvalue weighted by molar-refractivity contribution is -0.160. The number of benzene rings is 1. The van der Waals surface area contributed by atoms with Gasteiger partial charge in [-0.3, -0.25) is 15.1 Å². The standard InChI is InChI=1S/C24H27F3N4O/c1-2-31(23(32)21-15-20-19(30-21)12-7-13-28-20)18-11-6-10-17(14-18)29-22(24(25,26)27)16-8-4-3-5-9-16/h3-5,7-9,12-13,15,17-18,22,29-30H,2,6,10-11,14H2,1H3. The quantitative estimate of drug-likeness (QED) is 0.547. The number of aromatic nitrogens is 2. The van der Waals surface area contributed by atoms with Crippen molar-refractivity contribution in [3.63, 3.8) is 0 Å². The van der Waals surface area contributed by atoms with E-state index >= 15 is 0 Å². The summed E-state index contributed by atoms with van der Waals surface area (Å²) in [5, 5.41) is 2.84. The van der Waals surface area contributed by atoms with Crippen LogP contribution in [0.4, 0.5) is 13.2 Å². The lowest BCUT2D eigenvalue weighted by atomic mass is 9.88. The molecule has 0 radical (unpaired) electrons. The van der Waals surface area contributed by atoms with Crippen LogP contribution in [0, 0.1) is 0 Å². The Morgan fingerprint density at radius 2 is 2.00 bits per heavy atom. The Morgan fingerprint density at radius 3 is 2.69 bits per heavy atom. The van der Waals surface area contributed by atoms with Crippen LogP contribution in [-0.2, 0) is 0 Å². The molecule has 3 atom stereocenters. The van der Waals surface area contributed by atoms with E-state index in [1.165, 1.54) is 12.1 Å². The van der Waals surface area contributed by atoms with Gasteiger partial charge in [0.1, 0.15) is 11.7 Å². The van der Waals surface area contributed by atoms with E-state index < -0.39 is 12.2 Å². The van der Waals surface area contributed by atoms with E-state index in [0.717, 1.165) is 18.4 Å². The molecule has 3 aromatic rings. The fourth-order valence-electron chi connectivity index (χ4n) is 4.65. The molecule has 170 valence electrons. The molecule has 0 aliphatic heterocycles. The highest BCUT2D eigenvalue weighted by Gasteiger charge is 2.42. The van der Waals surface area contributed by atoms with Gasteiger partial charge in [0.2, 0.25) is 0 Å². The summed E-state index contributed by atoms with van der Waals surface area (Å²) in [6.07, 6.45) is -0.0530. The third kappa shape index (κ3) is 4.80. The number of hydrogen-bond donors (Lipinski definition) is 2. The van der Waals surface area contributed by atoms with E-state index in [2.05, 4.69) is 15.3 Å². The van der Waals surface area contributed by atoms with Crippen LogP contribution >= 0.6 is 0 Å². The highest BCUT2D eigenvalue weighted by molar-refractivity contribution is 5.97. The second kappa shape index (κ2) is 9.32. The van der Waals surface area contributed by atoms with Crippen molar-refractivity contribution in [2.24, 2.45) is 0 Å². The largest absolute Gasteiger partial charge is 0.407 e. The molecule has 1 fully saturated rings. The second-order valence-electron chi connectivity index (χ2n) is 8.28. The first kappa shape index (κ1) is 22.3. The minimum absolute atomic E-state index is 0.122. The van der Waals surface area contributed by atoms with Crippen molar-refractivity contribution < 1.29 is 18.0 Å². The molecule has 0 bridgehead atoms. The Bertz CT molecular complexity index is 1020. The Balaban J connectivity index is 1.49. The monoisotopic (exact) mass is 444 g/mol. The summed E-state index contributed by atoms with van der Waals surface area (Å²) in [6, 6.07) is 11.1. The normalized spacial score (nSPS) is 20.2. The van der Waals surface area contributed by atoms with Crippen LogP contribution in [0.5, 0.6) is 0 Å². The van der Waals surface area contributed by atoms with Gasteiger partial charge in [0.05, 0.1) is 11.0 Å². The Morgan fingerprint density at radius 1 is 1.22 bits per heavy atom. The average Bonchev–Trinajstić information content (AvgIpc) is 3.22. The number of fused-ring (bicyclic) bond motifs is 1. The summed E-state index contributed by atoms with van der Waals surface area (Å²) in [4.78, 5) is 22.4. The zero-order chi connectivity index (χ0) is 22.7. The Hall–Kier alpha value is -2.87. The van der Waals surface area contributed by atoms with Gasteiger partial charge < -0.3 is 9.88 Å². The van der Waals surface area contributed by atoms with Crippen LogP contribution in [0.3, 0.4) is 0 Å². The fourth-order valence-corrected chi connectivity index (χ4v) is 4.65. The fraction of sp³-hybridized carbons (Fsp3) is 0.417. The lowest BCUT2D eigenvalue weighted by Gasteiger charge is -2.38. The van der Waals surface area contributed by atoms with Gasteiger partial charge in [-0.1, -0.05) is 30.3 Å². The Kier molecular flexibility index (Phi) is 6.50. The number of hydrogen-bond acceptors (Lipinski definition) is 3. The number of rotatable bonds is 6. The zero-order valence-electron chi connectivity index (χ0n) is 17.9. The van der Waals surface area contributed by atoms with Gasteiger partial charge in [-0.05, 0) is 56.4 Å². The number of nitrogens with one attached hydrogen (secondary N) is 2. The number of halogens is 3. The maximum absolute atomic E-state index is 13.8. The molecule has 1 saturated carbocycles. The van der Waals surface area contributed by atoms with Crippen molar-refractivity contribution in [1.29, 1.82) is 0 Å². The number of amides is 1. The van der Waals surface area contributed by atoms with Gasteiger partial charge in [-0.2, -0.15) is 13.2 Å². The summed E-state index contributed by atoms with van der Waals surface area (Å²) in [5.74, 6) is -0.147. The van der Waals surface area contributed by atoms with Crippen LogP contribution in [0.1, 0.15) is 54.7 Å². The molecule has 0 saturated heterocycles. The first-order chi connectivity index (χ1) is 15.4. The molecule has 1 aromatic carbocycles. The van der Waals surface area contributed by atoms with Crippen LogP contribution in [0.25, 0.3) is 11.0 Å². The third-order valence-electron chi connectivity index (χ3n) is 6.17. The Labute approximate surface area is 185 Å². The number of nitrogens with zero attached hydrogens (tertiary/aromatic N) is 2. The molecule has 3 unspecified atom stereocenters. The van der Waals surface area contributed by atoms with Crippen molar-refractivity contribution in [2.45, 2.75) is 56.9 Å². The van der Waals surface area contributed by atoms with Crippen molar-refractivity contribution in [2.75, 3.05) is 6.54 Å². The van der Waals surface area contributed by atoms with Gasteiger partial charge in [-0.25, -0.2) is 0 Å². The number of aromatic amines is 1. The van der Waals surface area contributed by atoms with E-state index in [1.54, 1.807) is 41.4 Å². The first-order valence-corrected chi connectivity index (χ1v) is 11.0. The van der Waals surface area contributed by atoms with Gasteiger partial charge in [0.15, 0.2) is 0 Å². The SMILES string of the molecule is CCN(C(=O)c1cc2ncccc2[nH]1)C1CCCC(NC(c2ccccc2)C(F)(F)F)C1. The van der Waals surface area contributed by atoms with E-state index in [4.69, 9.17) is 0 Å². The highest BCUT2D eigenvalue weighted by Crippen LogP contribution is 2.35. The number of carbonyl (C=O) groups excluding carboxylic acids is 1. The van der Waals surface area contributed by atoms with Crippen LogP contribution in [0.15, 0.2) is 54.7 Å². The molecular formula is C24H27F3N4O. The summed E-state index contributed by atoms with van der Waals surface area (Å²) < 4.78 is 41.4. The second-order valence-corrected chi connectivity index (χ2v) is 8.28. The van der Waals surface area contributed by atoms with E-state index in [1.807, 2.05) is 13.0 Å². The molecular weight excluding hydrogens is 417 g/mol. The molecule has 1 amide bonds. The van der Waals surface area contributed by atoms with Crippen LogP contribution < -0.4 is 5.32 Å². The maximum atomic E-state index is 13.8. The summed E-state index contributed by atoms with van der Waals surface area (Å²) >= 11 is 0. The topological polar surface area (TPSA) is 61.0 Å². The average molecular weight is 445 g/mol. The van der Waals surface area contributed by atoms with Crippen molar-refractivity contribution in [3.8, 4) is 0 Å². The minimum atomic E-state index is -4.40. The molecule has 8 heteroatoms. The predicted octanol–water partition coefficient (Wildman–Crippen LogP) is 5.23. The molecule has 32 heavy (non-hydrogen) atoms. The summed E-state index contributed by atoms with van der Waals surface area (Å²) in [7, 11) is 0. The van der Waals surface area contributed by atoms with E-state index in [-0.39, 0.29) is 23.6 Å². The zero-order valence-corrected chi connectivity index (χ0v) is 17.9. The first-order valence-electron chi connectivity index (χ1n) is 11.0. The van der Waals surface area contributed by atoms with Crippen molar-refractivity contribution in [1.82, 2.24) is 20.2 Å². The van der Waals surface area contributed by atoms with Crippen molar-refractivity contribution >= 4 is 16.9 Å². The lowest BCUT2D eigenvalue weighted by Crippen LogP contribution is -2.49. The number of alkyl halides is 3. The van der Waals surface area contributed by atoms with Gasteiger partial charge in [-0.15, -0.1) is 0 Å². The van der Waals surface area contributed by atoms with Gasteiger partial charge in [0.25, 0.3) is 5.91 Å². The van der Waals surface area contributed by atoms with Crippen molar-refractivity contribution in [3.05, 3.63) is 66.0 Å². The van der Waals surface area contributed by atoms with Gasteiger partial charge >= 0.3 is 6.18 Å². The smallest absolute Gasteiger partial charge is 0.349 e. The van der Waals surface area contributed by atoms with Crippen LogP contribution in [0.2, 0.25) is 0 Å². The number of H-pyrrole nitrogens is 1. The summed E-state index contributed by atoms with van der Waals surface area (Å²) in [6.45, 7) is 2.39. The molecule has 1 aliphatic carbocycles. The molecule has 2 N–H and O–H groups in total. The molecule has 1 aliphatic rings. The highest BCUT2D eigenvalue weighted by atomic mass is 19.4. The molecule has 5 nitrogen and oxygen atoms in total. The minimum Gasteiger partial charge on any atom is -0.349 e. The van der Waals surface area contributed by atoms with Crippen LogP contribution in [-0.4, -0.2) is 45.6 Å². The maximum Gasteiger partial charge on any atom is 0.407 e. The molecule has 2 heterocycles. The molecule has 2 aromatic heterocycles. The summed E-state index contributed by atoms with van der Waals surface area (Å²) in [5.41, 5.74) is 2.15. The molecule has 0 spiro atoms. The van der Waals surface area contributed by atoms with Gasteiger partial charge in [0, 0.05) is 24.8 Å². The number of carbonyl (C=O) groups is 1. The van der Waals surface area contributed by atoms with E-state index in [9.17, 15) is 18.0 Å². The third-order valence-corrected chi connectivity index (χ3v) is 6.17. The van der Waals surface area contributed by atoms with E-state index in [0.29, 0.717) is 30.6 Å².